The van der Waals surface area contributed by atoms with E-state index in [0.717, 1.165) is 0 Å². The predicted octanol–water partition coefficient (Wildman–Crippen LogP) is 0.506. The van der Waals surface area contributed by atoms with E-state index in [2.05, 4.69) is 0 Å². The number of carbonyl (C=O) groups excluding carboxylic acids is 1. The van der Waals surface area contributed by atoms with E-state index in [9.17, 15) is 9.59 Å². The summed E-state index contributed by atoms with van der Waals surface area (Å²) in [6.07, 6.45) is 1.59. The molecule has 0 aromatic carbocycles. The highest BCUT2D eigenvalue weighted by Crippen LogP contribution is 2.40. The van der Waals surface area contributed by atoms with Gasteiger partial charge in [-0.25, -0.2) is 4.79 Å². The summed E-state index contributed by atoms with van der Waals surface area (Å²) in [4.78, 5) is 23.4. The molecular formula is C8H9NO3S. The molecule has 1 fully saturated rings. The maximum Gasteiger partial charge on any atom is 0.352 e. The number of fused-ring (bicyclic) bond motifs is 1. The van der Waals surface area contributed by atoms with Crippen LogP contribution in [0.3, 0.4) is 0 Å². The number of carboxylic acids is 1. The quantitative estimate of drug-likeness (QED) is 0.625. The Morgan fingerprint density at radius 1 is 1.77 bits per heavy atom. The van der Waals surface area contributed by atoms with Gasteiger partial charge in [-0.05, 0) is 6.08 Å². The van der Waals surface area contributed by atoms with E-state index in [0.29, 0.717) is 5.75 Å². The zero-order chi connectivity index (χ0) is 9.59. The van der Waals surface area contributed by atoms with E-state index < -0.39 is 5.97 Å². The SMILES string of the molecule is CC1C(=O)N2C(C(=O)O)=CCS[C@@H]12. The fourth-order valence-electron chi connectivity index (χ4n) is 1.60. The average molecular weight is 199 g/mol. The number of hydrogen-bond acceptors (Lipinski definition) is 3. The lowest BCUT2D eigenvalue weighted by molar-refractivity contribution is -0.151. The molecule has 0 saturated carbocycles. The van der Waals surface area contributed by atoms with Crippen LogP contribution in [0.4, 0.5) is 0 Å². The van der Waals surface area contributed by atoms with Gasteiger partial charge in [0.05, 0.1) is 11.3 Å². The maximum atomic E-state index is 11.3. The largest absolute Gasteiger partial charge is 0.477 e. The molecule has 0 radical (unpaired) electrons. The lowest BCUT2D eigenvalue weighted by Crippen LogP contribution is -2.59. The van der Waals surface area contributed by atoms with Gasteiger partial charge < -0.3 is 5.11 Å². The first-order valence-corrected chi connectivity index (χ1v) is 5.06. The Balaban J connectivity index is 2.27. The Hall–Kier alpha value is -0.970. The summed E-state index contributed by atoms with van der Waals surface area (Å²) in [7, 11) is 0. The first-order chi connectivity index (χ1) is 6.13. The molecule has 2 rings (SSSR count). The molecule has 0 aliphatic carbocycles. The highest BCUT2D eigenvalue weighted by Gasteiger charge is 2.49. The minimum atomic E-state index is -1.01. The Bertz CT molecular complexity index is 313. The fraction of sp³-hybridized carbons (Fsp3) is 0.500. The number of carbonyl (C=O) groups is 2. The predicted molar refractivity (Wildman–Crippen MR) is 48.0 cm³/mol. The Morgan fingerprint density at radius 3 is 3.08 bits per heavy atom. The normalized spacial score (nSPS) is 31.9. The standard InChI is InChI=1S/C8H9NO3S/c1-4-6(10)9-5(8(11)12)2-3-13-7(4)9/h2,4,7H,3H2,1H3,(H,11,12)/t4?,7-/m0/s1. The number of nitrogens with zero attached hydrogens (tertiary/aromatic N) is 1. The van der Waals surface area contributed by atoms with Crippen LogP contribution in [-0.4, -0.2) is 33.0 Å². The topological polar surface area (TPSA) is 57.6 Å². The molecule has 2 aliphatic heterocycles. The number of β-lactam (4-membered cyclic amide) rings is 1. The summed E-state index contributed by atoms with van der Waals surface area (Å²) >= 11 is 1.61. The fourth-order valence-corrected chi connectivity index (χ4v) is 2.82. The summed E-state index contributed by atoms with van der Waals surface area (Å²) in [6, 6.07) is 0. The van der Waals surface area contributed by atoms with Crippen molar-refractivity contribution in [1.29, 1.82) is 0 Å². The highest BCUT2D eigenvalue weighted by molar-refractivity contribution is 8.00. The first-order valence-electron chi connectivity index (χ1n) is 4.01. The van der Waals surface area contributed by atoms with Crippen LogP contribution in [0.25, 0.3) is 0 Å². The van der Waals surface area contributed by atoms with E-state index >= 15 is 0 Å². The van der Waals surface area contributed by atoms with Gasteiger partial charge in [0.25, 0.3) is 0 Å². The van der Waals surface area contributed by atoms with Crippen molar-refractivity contribution in [3.63, 3.8) is 0 Å². The van der Waals surface area contributed by atoms with Crippen LogP contribution >= 0.6 is 11.8 Å². The summed E-state index contributed by atoms with van der Waals surface area (Å²) in [5.41, 5.74) is 0.145. The first kappa shape index (κ1) is 8.62. The van der Waals surface area contributed by atoms with E-state index in [1.54, 1.807) is 17.8 Å². The molecule has 70 valence electrons. The van der Waals surface area contributed by atoms with Gasteiger partial charge in [0.1, 0.15) is 5.70 Å². The summed E-state index contributed by atoms with van der Waals surface area (Å²) in [6.45, 7) is 1.83. The van der Waals surface area contributed by atoms with Gasteiger partial charge in [0.2, 0.25) is 5.91 Å². The molecule has 2 aliphatic rings. The van der Waals surface area contributed by atoms with Crippen LogP contribution in [0.1, 0.15) is 6.92 Å². The molecule has 2 heterocycles. The molecule has 13 heavy (non-hydrogen) atoms. The van der Waals surface area contributed by atoms with E-state index in [-0.39, 0.29) is 22.9 Å². The molecule has 2 atom stereocenters. The van der Waals surface area contributed by atoms with Gasteiger partial charge in [-0.15, -0.1) is 11.8 Å². The minimum Gasteiger partial charge on any atom is -0.477 e. The van der Waals surface area contributed by atoms with Crippen molar-refractivity contribution in [1.82, 2.24) is 4.90 Å². The number of rotatable bonds is 1. The Labute approximate surface area is 79.6 Å². The molecule has 4 nitrogen and oxygen atoms in total. The van der Waals surface area contributed by atoms with Crippen molar-refractivity contribution in [2.45, 2.75) is 12.3 Å². The Kier molecular flexibility index (Phi) is 1.83. The van der Waals surface area contributed by atoms with Gasteiger partial charge >= 0.3 is 5.97 Å². The number of amides is 1. The molecule has 1 N–H and O–H groups in total. The smallest absolute Gasteiger partial charge is 0.352 e. The van der Waals surface area contributed by atoms with Crippen LogP contribution in [0.5, 0.6) is 0 Å². The lowest BCUT2D eigenvalue weighted by atomic mass is 9.99. The van der Waals surface area contributed by atoms with Gasteiger partial charge in [0, 0.05) is 5.75 Å². The maximum absolute atomic E-state index is 11.3. The zero-order valence-corrected chi connectivity index (χ0v) is 7.87. The van der Waals surface area contributed by atoms with Crippen molar-refractivity contribution in [2.75, 3.05) is 5.75 Å². The summed E-state index contributed by atoms with van der Waals surface area (Å²) in [5.74, 6) is -0.440. The van der Waals surface area contributed by atoms with Crippen LogP contribution in [0.2, 0.25) is 0 Å². The van der Waals surface area contributed by atoms with Crippen molar-refractivity contribution in [3.8, 4) is 0 Å². The number of hydrogen-bond donors (Lipinski definition) is 1. The third-order valence-electron chi connectivity index (χ3n) is 2.33. The third-order valence-corrected chi connectivity index (χ3v) is 3.65. The Morgan fingerprint density at radius 2 is 2.46 bits per heavy atom. The second-order valence-corrected chi connectivity index (χ2v) is 4.26. The van der Waals surface area contributed by atoms with Crippen LogP contribution in [-0.2, 0) is 9.59 Å². The summed E-state index contributed by atoms with van der Waals surface area (Å²) < 4.78 is 0. The number of thioether (sulfide) groups is 1. The van der Waals surface area contributed by atoms with Gasteiger partial charge in [0.15, 0.2) is 0 Å². The van der Waals surface area contributed by atoms with Crippen molar-refractivity contribution in [2.24, 2.45) is 5.92 Å². The van der Waals surface area contributed by atoms with E-state index in [1.165, 1.54) is 4.90 Å². The van der Waals surface area contributed by atoms with Crippen LogP contribution < -0.4 is 0 Å². The molecule has 0 bridgehead atoms. The summed E-state index contributed by atoms with van der Waals surface area (Å²) in [5, 5.41) is 8.84. The van der Waals surface area contributed by atoms with Gasteiger partial charge in [-0.3, -0.25) is 9.69 Å². The molecule has 0 aromatic rings. The van der Waals surface area contributed by atoms with Crippen molar-refractivity contribution in [3.05, 3.63) is 11.8 Å². The third kappa shape index (κ3) is 1.07. The van der Waals surface area contributed by atoms with Crippen LogP contribution in [0, 0.1) is 5.92 Å². The monoisotopic (exact) mass is 199 g/mol. The van der Waals surface area contributed by atoms with Crippen LogP contribution in [0.15, 0.2) is 11.8 Å². The zero-order valence-electron chi connectivity index (χ0n) is 7.06. The molecule has 0 spiro atoms. The minimum absolute atomic E-state index is 0.0342. The average Bonchev–Trinajstić information content (AvgIpc) is 2.15. The van der Waals surface area contributed by atoms with Gasteiger partial charge in [-0.2, -0.15) is 0 Å². The molecule has 5 heteroatoms. The molecule has 0 aromatic heterocycles. The van der Waals surface area contributed by atoms with E-state index in [4.69, 9.17) is 5.11 Å². The number of aliphatic carboxylic acids is 1. The molecule has 1 unspecified atom stereocenters. The highest BCUT2D eigenvalue weighted by atomic mass is 32.2. The molecular weight excluding hydrogens is 190 g/mol. The molecule has 1 saturated heterocycles. The number of carboxylic acid groups (broad SMARTS) is 1. The van der Waals surface area contributed by atoms with Crippen molar-refractivity contribution < 1.29 is 14.7 Å². The van der Waals surface area contributed by atoms with Crippen molar-refractivity contribution >= 4 is 23.6 Å². The van der Waals surface area contributed by atoms with E-state index in [1.807, 2.05) is 6.92 Å². The molecule has 1 amide bonds. The lowest BCUT2D eigenvalue weighted by Gasteiger charge is -2.47. The second kappa shape index (κ2) is 2.77. The van der Waals surface area contributed by atoms with Gasteiger partial charge in [-0.1, -0.05) is 6.92 Å². The second-order valence-electron chi connectivity index (χ2n) is 3.12.